The molecule has 0 spiro atoms. The lowest BCUT2D eigenvalue weighted by Gasteiger charge is -2.04. The van der Waals surface area contributed by atoms with E-state index in [9.17, 15) is 0 Å². The van der Waals surface area contributed by atoms with E-state index in [1.165, 1.54) is 57.8 Å². The van der Waals surface area contributed by atoms with Gasteiger partial charge in [0.2, 0.25) is 0 Å². The average molecular weight is 221 g/mol. The molecule has 0 rings (SSSR count). The number of unbranched alkanes of at least 4 members (excludes halogenated alkanes) is 9. The monoisotopic (exact) mass is 221 g/mol. The molecule has 0 atom stereocenters. The van der Waals surface area contributed by atoms with E-state index in [-0.39, 0.29) is 0 Å². The van der Waals surface area contributed by atoms with Crippen LogP contribution in [0.5, 0.6) is 0 Å². The van der Waals surface area contributed by atoms with E-state index < -0.39 is 0 Å². The highest BCUT2D eigenvalue weighted by Crippen LogP contribution is 2.13. The minimum absolute atomic E-state index is 0.856. The molecule has 0 bridgehead atoms. The second-order valence-corrected chi connectivity index (χ2v) is 5.29. The highest BCUT2D eigenvalue weighted by Gasteiger charge is 1.95. The Labute approximate surface area is 103 Å². The molecule has 16 heavy (non-hydrogen) atoms. The fourth-order valence-corrected chi connectivity index (χ4v) is 2.00. The van der Waals surface area contributed by atoms with Crippen LogP contribution in [0.3, 0.4) is 0 Å². The Kier molecular flexibility index (Phi) is 12.3. The summed E-state index contributed by atoms with van der Waals surface area (Å²) in [6, 6.07) is 0. The summed E-state index contributed by atoms with van der Waals surface area (Å²) < 4.78 is 0. The zero-order chi connectivity index (χ0) is 12.1. The molecule has 0 fully saturated rings. The van der Waals surface area contributed by atoms with E-state index in [0.29, 0.717) is 0 Å². The average Bonchev–Trinajstić information content (AvgIpc) is 2.25. The molecule has 0 aromatic rings. The van der Waals surface area contributed by atoms with Crippen LogP contribution in [0.4, 0.5) is 0 Å². The van der Waals surface area contributed by atoms with Crippen molar-refractivity contribution < 1.29 is 0 Å². The summed E-state index contributed by atoms with van der Waals surface area (Å²) in [5, 5.41) is 0. The molecule has 0 aliphatic heterocycles. The predicted molar refractivity (Wildman–Crippen MR) is 72.8 cm³/mol. The van der Waals surface area contributed by atoms with Gasteiger partial charge in [0.25, 0.3) is 0 Å². The Bertz CT molecular complexity index is 161. The number of hydrogen-bond acceptors (Lipinski definition) is 0. The Morgan fingerprint density at radius 2 is 1.19 bits per heavy atom. The quantitative estimate of drug-likeness (QED) is 0.318. The van der Waals surface area contributed by atoms with Crippen LogP contribution in [0, 0.1) is 18.3 Å². The van der Waals surface area contributed by atoms with Crippen LogP contribution < -0.4 is 0 Å². The maximum Gasteiger partial charge on any atom is 0.00989 e. The van der Waals surface area contributed by atoms with Crippen LogP contribution in [0.25, 0.3) is 0 Å². The molecule has 0 aromatic heterocycles. The van der Waals surface area contributed by atoms with Crippen molar-refractivity contribution in [2.24, 2.45) is 5.92 Å². The lowest BCUT2D eigenvalue weighted by atomic mass is 10.0. The molecule has 0 nitrogen and oxygen atoms in total. The van der Waals surface area contributed by atoms with Crippen LogP contribution in [0.15, 0.2) is 0 Å². The zero-order valence-corrected chi connectivity index (χ0v) is 11.4. The van der Waals surface area contributed by atoms with E-state index in [2.05, 4.69) is 19.8 Å². The van der Waals surface area contributed by atoms with Crippen molar-refractivity contribution in [2.75, 3.05) is 0 Å². The van der Waals surface area contributed by atoms with Gasteiger partial charge in [-0.25, -0.2) is 0 Å². The molecule has 0 unspecified atom stereocenters. The summed E-state index contributed by atoms with van der Waals surface area (Å²) in [4.78, 5) is 0. The largest absolute Gasteiger partial charge is 0.0891 e. The smallest absolute Gasteiger partial charge is 0.00989 e. The summed E-state index contributed by atoms with van der Waals surface area (Å²) in [5.74, 6) is 3.33. The summed E-state index contributed by atoms with van der Waals surface area (Å²) in [6.45, 7) is 4.62. The van der Waals surface area contributed by atoms with Crippen LogP contribution in [0.2, 0.25) is 0 Å². The number of hydrogen-bond donors (Lipinski definition) is 0. The summed E-state index contributed by atoms with van der Waals surface area (Å²) in [6.07, 6.45) is 21.4. The molecule has 0 aromatic carbocycles. The van der Waals surface area contributed by atoms with Crippen molar-refractivity contribution in [2.45, 2.75) is 84.5 Å². The van der Waals surface area contributed by atoms with Gasteiger partial charge in [0.05, 0.1) is 0 Å². The topological polar surface area (TPSA) is 0 Å². The Morgan fingerprint density at radius 3 is 1.62 bits per heavy atom. The third-order valence-corrected chi connectivity index (χ3v) is 3.08. The standard InChI is InChI=1S/C16H29/c1-4-5-6-7-8-9-10-11-12-13-14-15-16(2)3/h16H,5-15H2,2-3H3. The molecule has 0 N–H and O–H groups in total. The second-order valence-electron chi connectivity index (χ2n) is 5.29. The summed E-state index contributed by atoms with van der Waals surface area (Å²) in [7, 11) is 0. The van der Waals surface area contributed by atoms with Gasteiger partial charge in [0, 0.05) is 6.42 Å². The van der Waals surface area contributed by atoms with Crippen molar-refractivity contribution in [1.82, 2.24) is 0 Å². The van der Waals surface area contributed by atoms with E-state index in [1.807, 2.05) is 0 Å². The summed E-state index contributed by atoms with van der Waals surface area (Å²) >= 11 is 0. The van der Waals surface area contributed by atoms with Gasteiger partial charge in [-0.15, -0.1) is 0 Å². The second kappa shape index (κ2) is 12.6. The predicted octanol–water partition coefficient (Wildman–Crippen LogP) is 5.52. The molecule has 0 heterocycles. The third-order valence-electron chi connectivity index (χ3n) is 3.08. The lowest BCUT2D eigenvalue weighted by molar-refractivity contribution is 0.506. The highest BCUT2D eigenvalue weighted by atomic mass is 14.0. The van der Waals surface area contributed by atoms with Crippen molar-refractivity contribution >= 4 is 0 Å². The maximum atomic E-state index is 6.79. The van der Waals surface area contributed by atoms with Crippen molar-refractivity contribution in [1.29, 1.82) is 0 Å². The molecule has 1 radical (unpaired) electrons. The van der Waals surface area contributed by atoms with E-state index in [1.54, 1.807) is 0 Å². The van der Waals surface area contributed by atoms with Crippen molar-refractivity contribution in [3.63, 3.8) is 0 Å². The molecule has 93 valence electrons. The van der Waals surface area contributed by atoms with Crippen molar-refractivity contribution in [3.8, 4) is 5.92 Å². The minimum atomic E-state index is 0.856. The molecule has 0 saturated heterocycles. The molecular formula is C16H29. The lowest BCUT2D eigenvalue weighted by Crippen LogP contribution is -1.87. The van der Waals surface area contributed by atoms with Gasteiger partial charge >= 0.3 is 0 Å². The Balaban J connectivity index is 2.91. The normalized spacial score (nSPS) is 10.6. The summed E-state index contributed by atoms with van der Waals surface area (Å²) in [5.41, 5.74) is 0. The van der Waals surface area contributed by atoms with Gasteiger partial charge in [-0.05, 0) is 18.8 Å². The molecule has 0 amide bonds. The maximum absolute atomic E-state index is 6.79. The first-order valence-electron chi connectivity index (χ1n) is 7.17. The highest BCUT2D eigenvalue weighted by molar-refractivity contribution is 4.74. The van der Waals surface area contributed by atoms with Gasteiger partial charge in [-0.3, -0.25) is 0 Å². The van der Waals surface area contributed by atoms with Gasteiger partial charge in [0.1, 0.15) is 0 Å². The van der Waals surface area contributed by atoms with Crippen LogP contribution in [0.1, 0.15) is 84.5 Å². The number of rotatable bonds is 11. The first kappa shape index (κ1) is 15.6. The van der Waals surface area contributed by atoms with Crippen LogP contribution >= 0.6 is 0 Å². The van der Waals surface area contributed by atoms with E-state index in [4.69, 9.17) is 6.42 Å². The SMILES string of the molecule is [C]#CCCCCCCCCCCCC(C)C. The van der Waals surface area contributed by atoms with Gasteiger partial charge < -0.3 is 0 Å². The van der Waals surface area contributed by atoms with Gasteiger partial charge in [0.15, 0.2) is 0 Å². The van der Waals surface area contributed by atoms with Crippen LogP contribution in [-0.2, 0) is 0 Å². The molecule has 0 heteroatoms. The van der Waals surface area contributed by atoms with Crippen LogP contribution in [-0.4, -0.2) is 0 Å². The zero-order valence-electron chi connectivity index (χ0n) is 11.4. The van der Waals surface area contributed by atoms with Crippen molar-refractivity contribution in [3.05, 3.63) is 6.42 Å². The molecule has 0 saturated carbocycles. The third kappa shape index (κ3) is 13.6. The van der Waals surface area contributed by atoms with E-state index in [0.717, 1.165) is 18.8 Å². The fraction of sp³-hybridized carbons (Fsp3) is 0.875. The van der Waals surface area contributed by atoms with E-state index >= 15 is 0 Å². The first-order chi connectivity index (χ1) is 7.77. The Hall–Kier alpha value is -0.440. The fourth-order valence-electron chi connectivity index (χ4n) is 2.00. The minimum Gasteiger partial charge on any atom is -0.0891 e. The molecule has 0 aliphatic carbocycles. The van der Waals surface area contributed by atoms with Gasteiger partial charge in [-0.1, -0.05) is 77.6 Å². The Morgan fingerprint density at radius 1 is 0.750 bits per heavy atom. The van der Waals surface area contributed by atoms with Gasteiger partial charge in [-0.2, -0.15) is 0 Å². The molecule has 0 aliphatic rings. The molecular weight excluding hydrogens is 192 g/mol. The first-order valence-corrected chi connectivity index (χ1v) is 7.17.